The number of hydrogen-bond acceptors (Lipinski definition) is 6. The number of rotatable bonds is 7. The van der Waals surface area contributed by atoms with Gasteiger partial charge in [0, 0.05) is 31.9 Å². The fourth-order valence-corrected chi connectivity index (χ4v) is 4.89. The normalized spacial score (nSPS) is 15.3. The molecule has 1 aliphatic heterocycles. The van der Waals surface area contributed by atoms with Crippen LogP contribution < -0.4 is 15.4 Å². The van der Waals surface area contributed by atoms with Crippen LogP contribution in [0.1, 0.15) is 24.2 Å². The van der Waals surface area contributed by atoms with Crippen molar-refractivity contribution in [2.45, 2.75) is 18.7 Å². The predicted molar refractivity (Wildman–Crippen MR) is 133 cm³/mol. The molecule has 1 heterocycles. The summed E-state index contributed by atoms with van der Waals surface area (Å²) in [7, 11) is -1.56. The second-order valence-corrected chi connectivity index (χ2v) is 10.7. The highest BCUT2D eigenvalue weighted by molar-refractivity contribution is 7.89. The second-order valence-electron chi connectivity index (χ2n) is 8.34. The van der Waals surface area contributed by atoms with Gasteiger partial charge in [-0.3, -0.25) is 10.1 Å². The van der Waals surface area contributed by atoms with Crippen molar-refractivity contribution >= 4 is 38.9 Å². The van der Waals surface area contributed by atoms with Crippen molar-refractivity contribution in [3.05, 3.63) is 54.1 Å². The van der Waals surface area contributed by atoms with Crippen LogP contribution in [0.4, 0.5) is 5.69 Å². The monoisotopic (exact) mass is 490 g/mol. The molecular weight excluding hydrogens is 460 g/mol. The van der Waals surface area contributed by atoms with E-state index in [9.17, 15) is 13.2 Å². The summed E-state index contributed by atoms with van der Waals surface area (Å²) in [6, 6.07) is 13.3. The Balaban J connectivity index is 1.61. The third-order valence-electron chi connectivity index (χ3n) is 5.14. The van der Waals surface area contributed by atoms with E-state index in [1.807, 2.05) is 20.9 Å². The zero-order chi connectivity index (χ0) is 24.0. The summed E-state index contributed by atoms with van der Waals surface area (Å²) in [6.45, 7) is 6.91. The summed E-state index contributed by atoms with van der Waals surface area (Å²) >= 11 is 5.27. The van der Waals surface area contributed by atoms with Crippen LogP contribution in [0.3, 0.4) is 0 Å². The molecule has 0 bridgehead atoms. The number of para-hydroxylation sites is 1. The number of likely N-dealkylation sites (N-methyl/N-ethyl adjacent to an activating group) is 1. The molecule has 0 atom stereocenters. The van der Waals surface area contributed by atoms with Crippen LogP contribution in [-0.2, 0) is 10.0 Å². The first-order chi connectivity index (χ1) is 15.7. The van der Waals surface area contributed by atoms with Crippen molar-refractivity contribution in [2.75, 3.05) is 45.2 Å². The van der Waals surface area contributed by atoms with Gasteiger partial charge < -0.3 is 15.0 Å². The van der Waals surface area contributed by atoms with Crippen LogP contribution in [0.25, 0.3) is 0 Å². The quantitative estimate of drug-likeness (QED) is 0.577. The molecule has 10 heteroatoms. The highest BCUT2D eigenvalue weighted by Crippen LogP contribution is 2.21. The van der Waals surface area contributed by atoms with Gasteiger partial charge in [0.05, 0.1) is 17.1 Å². The minimum absolute atomic E-state index is 0.105. The summed E-state index contributed by atoms with van der Waals surface area (Å²) < 4.78 is 32.9. The molecule has 8 nitrogen and oxygen atoms in total. The molecule has 1 aliphatic rings. The molecule has 0 saturated carbocycles. The Kier molecular flexibility index (Phi) is 8.41. The second kappa shape index (κ2) is 11.1. The molecule has 33 heavy (non-hydrogen) atoms. The van der Waals surface area contributed by atoms with E-state index in [2.05, 4.69) is 15.5 Å². The van der Waals surface area contributed by atoms with E-state index in [1.54, 1.807) is 36.4 Å². The van der Waals surface area contributed by atoms with Gasteiger partial charge in [0.2, 0.25) is 10.0 Å². The number of carbonyl (C=O) groups is 1. The highest BCUT2D eigenvalue weighted by atomic mass is 32.2. The van der Waals surface area contributed by atoms with E-state index in [-0.39, 0.29) is 15.9 Å². The van der Waals surface area contributed by atoms with Crippen LogP contribution in [0.15, 0.2) is 53.4 Å². The lowest BCUT2D eigenvalue weighted by Gasteiger charge is -2.31. The molecule has 3 rings (SSSR count). The molecule has 1 fully saturated rings. The van der Waals surface area contributed by atoms with E-state index < -0.39 is 10.0 Å². The molecule has 0 unspecified atom stereocenters. The van der Waals surface area contributed by atoms with Crippen LogP contribution in [0, 0.1) is 5.92 Å². The van der Waals surface area contributed by atoms with Gasteiger partial charge in [0.15, 0.2) is 5.11 Å². The summed E-state index contributed by atoms with van der Waals surface area (Å²) in [5.41, 5.74) is 0.956. The Morgan fingerprint density at radius 1 is 1.06 bits per heavy atom. The van der Waals surface area contributed by atoms with E-state index in [1.165, 1.54) is 16.4 Å². The minimum Gasteiger partial charge on any atom is -0.492 e. The summed E-state index contributed by atoms with van der Waals surface area (Å²) in [6.07, 6.45) is 0. The van der Waals surface area contributed by atoms with Crippen molar-refractivity contribution in [1.82, 2.24) is 14.5 Å². The van der Waals surface area contributed by atoms with Crippen molar-refractivity contribution in [3.63, 3.8) is 0 Å². The topological polar surface area (TPSA) is 91.0 Å². The van der Waals surface area contributed by atoms with E-state index in [4.69, 9.17) is 17.0 Å². The average Bonchev–Trinajstić information content (AvgIpc) is 2.78. The van der Waals surface area contributed by atoms with Crippen molar-refractivity contribution in [1.29, 1.82) is 0 Å². The Labute approximate surface area is 201 Å². The number of ether oxygens (including phenoxy) is 1. The maximum absolute atomic E-state index is 12.8. The third-order valence-corrected chi connectivity index (χ3v) is 7.26. The Bertz CT molecular complexity index is 1080. The SMILES string of the molecule is CC(C)COc1ccccc1C(=O)NC(=S)Nc1ccc(S(=O)(=O)N2CCN(C)CC2)cc1. The summed E-state index contributed by atoms with van der Waals surface area (Å²) in [5.74, 6) is 0.429. The molecule has 0 radical (unpaired) electrons. The molecule has 0 aromatic heterocycles. The Hall–Kier alpha value is -2.53. The third kappa shape index (κ3) is 6.73. The fourth-order valence-electron chi connectivity index (χ4n) is 3.26. The molecule has 2 N–H and O–H groups in total. The maximum Gasteiger partial charge on any atom is 0.261 e. The van der Waals surface area contributed by atoms with Crippen LogP contribution in [0.2, 0.25) is 0 Å². The molecule has 0 spiro atoms. The lowest BCUT2D eigenvalue weighted by atomic mass is 10.2. The van der Waals surface area contributed by atoms with Gasteiger partial charge in [-0.2, -0.15) is 4.31 Å². The van der Waals surface area contributed by atoms with Crippen LogP contribution in [-0.4, -0.2) is 68.5 Å². The van der Waals surface area contributed by atoms with Gasteiger partial charge in [-0.15, -0.1) is 0 Å². The first-order valence-corrected chi connectivity index (χ1v) is 12.6. The van der Waals surface area contributed by atoms with Gasteiger partial charge in [-0.1, -0.05) is 26.0 Å². The zero-order valence-corrected chi connectivity index (χ0v) is 20.7. The number of nitrogens with zero attached hydrogens (tertiary/aromatic N) is 2. The number of anilines is 1. The van der Waals surface area contributed by atoms with E-state index in [0.29, 0.717) is 55.7 Å². The molecule has 2 aromatic rings. The first-order valence-electron chi connectivity index (χ1n) is 10.8. The molecule has 1 amide bonds. The average molecular weight is 491 g/mol. The van der Waals surface area contributed by atoms with Gasteiger partial charge in [-0.25, -0.2) is 8.42 Å². The van der Waals surface area contributed by atoms with Gasteiger partial charge >= 0.3 is 0 Å². The molecule has 0 aliphatic carbocycles. The standard InChI is InChI=1S/C23H30N4O4S2/c1-17(2)16-31-21-7-5-4-6-20(21)22(28)25-23(32)24-18-8-10-19(11-9-18)33(29,30)27-14-12-26(3)13-15-27/h4-11,17H,12-16H2,1-3H3,(H2,24,25,28,32). The number of thiocarbonyl (C=S) groups is 1. The largest absolute Gasteiger partial charge is 0.492 e. The van der Waals surface area contributed by atoms with Gasteiger partial charge in [0.25, 0.3) is 5.91 Å². The van der Waals surface area contributed by atoms with Crippen molar-refractivity contribution in [3.8, 4) is 5.75 Å². The highest BCUT2D eigenvalue weighted by Gasteiger charge is 2.27. The van der Waals surface area contributed by atoms with Crippen molar-refractivity contribution < 1.29 is 17.9 Å². The zero-order valence-electron chi connectivity index (χ0n) is 19.1. The molecular formula is C23H30N4O4S2. The van der Waals surface area contributed by atoms with Gasteiger partial charge in [-0.05, 0) is 61.6 Å². The number of nitrogens with one attached hydrogen (secondary N) is 2. The lowest BCUT2D eigenvalue weighted by Crippen LogP contribution is -2.46. The number of hydrogen-bond donors (Lipinski definition) is 2. The fraction of sp³-hybridized carbons (Fsp3) is 0.391. The molecule has 1 saturated heterocycles. The number of carbonyl (C=O) groups excluding carboxylic acids is 1. The Morgan fingerprint density at radius 3 is 2.33 bits per heavy atom. The van der Waals surface area contributed by atoms with Crippen LogP contribution >= 0.6 is 12.2 Å². The Morgan fingerprint density at radius 2 is 1.70 bits per heavy atom. The summed E-state index contributed by atoms with van der Waals surface area (Å²) in [4.78, 5) is 15.0. The molecule has 178 valence electrons. The number of amides is 1. The maximum atomic E-state index is 12.8. The number of piperazine rings is 1. The number of benzene rings is 2. The van der Waals surface area contributed by atoms with Gasteiger partial charge in [0.1, 0.15) is 5.75 Å². The predicted octanol–water partition coefficient (Wildman–Crippen LogP) is 2.78. The minimum atomic E-state index is -3.54. The van der Waals surface area contributed by atoms with E-state index >= 15 is 0 Å². The smallest absolute Gasteiger partial charge is 0.261 e. The first kappa shape index (κ1) is 25.1. The summed E-state index contributed by atoms with van der Waals surface area (Å²) in [5, 5.41) is 5.67. The molecule has 2 aromatic carbocycles. The lowest BCUT2D eigenvalue weighted by molar-refractivity contribution is 0.0973. The van der Waals surface area contributed by atoms with E-state index in [0.717, 1.165) is 0 Å². The van der Waals surface area contributed by atoms with Crippen molar-refractivity contribution in [2.24, 2.45) is 5.92 Å². The van der Waals surface area contributed by atoms with Crippen LogP contribution in [0.5, 0.6) is 5.75 Å². The number of sulfonamides is 1.